The first kappa shape index (κ1) is 21.1. The lowest BCUT2D eigenvalue weighted by atomic mass is 9.96. The van der Waals surface area contributed by atoms with E-state index in [-0.39, 0.29) is 11.2 Å². The Hall–Kier alpha value is -3.13. The number of carbonyl (C=O) groups is 2. The SMILES string of the molecule is Cc1c(NC(=O)C(C)OC(=O)c2csc3c2CCCC3)c(=O)n(-c2ccccc2)n1C. The highest BCUT2D eigenvalue weighted by Crippen LogP contribution is 2.30. The molecule has 7 nitrogen and oxygen atoms in total. The number of ether oxygens (including phenoxy) is 1. The van der Waals surface area contributed by atoms with Crippen LogP contribution in [-0.4, -0.2) is 27.3 Å². The lowest BCUT2D eigenvalue weighted by molar-refractivity contribution is -0.123. The standard InChI is InChI=1S/C23H25N3O4S/c1-14-20(22(28)26(25(14)3)16-9-5-4-6-10-16)24-21(27)15(2)30-23(29)18-13-31-19-12-8-7-11-17(18)19/h4-6,9-10,13,15H,7-8,11-12H2,1-3H3,(H,24,27). The zero-order valence-corrected chi connectivity index (χ0v) is 18.6. The highest BCUT2D eigenvalue weighted by atomic mass is 32.1. The molecule has 1 N–H and O–H groups in total. The Balaban J connectivity index is 1.50. The van der Waals surface area contributed by atoms with Crippen LogP contribution in [0, 0.1) is 6.92 Å². The van der Waals surface area contributed by atoms with Crippen LogP contribution in [0.3, 0.4) is 0 Å². The first-order valence-corrected chi connectivity index (χ1v) is 11.2. The number of benzene rings is 1. The van der Waals surface area contributed by atoms with Gasteiger partial charge in [-0.3, -0.25) is 14.3 Å². The normalized spacial score (nSPS) is 14.0. The van der Waals surface area contributed by atoms with Gasteiger partial charge in [0.15, 0.2) is 6.10 Å². The third-order valence-corrected chi connectivity index (χ3v) is 6.83. The molecule has 2 heterocycles. The zero-order valence-electron chi connectivity index (χ0n) is 17.8. The highest BCUT2D eigenvalue weighted by molar-refractivity contribution is 7.10. The summed E-state index contributed by atoms with van der Waals surface area (Å²) >= 11 is 1.58. The molecule has 0 saturated heterocycles. The number of fused-ring (bicyclic) bond motifs is 1. The summed E-state index contributed by atoms with van der Waals surface area (Å²) in [4.78, 5) is 39.6. The maximum absolute atomic E-state index is 13.0. The van der Waals surface area contributed by atoms with E-state index in [0.29, 0.717) is 16.9 Å². The van der Waals surface area contributed by atoms with Crippen LogP contribution in [0.1, 0.15) is 46.3 Å². The van der Waals surface area contributed by atoms with Crippen molar-refractivity contribution < 1.29 is 14.3 Å². The van der Waals surface area contributed by atoms with Crippen LogP contribution < -0.4 is 10.9 Å². The number of aromatic nitrogens is 2. The third kappa shape index (κ3) is 3.95. The van der Waals surface area contributed by atoms with Crippen molar-refractivity contribution in [3.8, 4) is 5.69 Å². The van der Waals surface area contributed by atoms with E-state index in [4.69, 9.17) is 4.74 Å². The molecular formula is C23H25N3O4S. The number of rotatable bonds is 5. The number of hydrogen-bond acceptors (Lipinski definition) is 5. The number of carbonyl (C=O) groups excluding carboxylic acids is 2. The van der Waals surface area contributed by atoms with E-state index in [9.17, 15) is 14.4 Å². The molecule has 4 rings (SSSR count). The molecule has 0 spiro atoms. The van der Waals surface area contributed by atoms with Crippen LogP contribution in [0.25, 0.3) is 5.69 Å². The number of nitrogens with zero attached hydrogens (tertiary/aromatic N) is 2. The monoisotopic (exact) mass is 439 g/mol. The van der Waals surface area contributed by atoms with Gasteiger partial charge in [-0.2, -0.15) is 0 Å². The number of nitrogens with one attached hydrogen (secondary N) is 1. The van der Waals surface area contributed by atoms with Gasteiger partial charge in [-0.1, -0.05) is 18.2 Å². The number of aryl methyl sites for hydroxylation is 1. The van der Waals surface area contributed by atoms with Crippen LogP contribution in [0.5, 0.6) is 0 Å². The molecule has 0 saturated carbocycles. The van der Waals surface area contributed by atoms with Crippen molar-refractivity contribution in [1.29, 1.82) is 0 Å². The average molecular weight is 440 g/mol. The van der Waals surface area contributed by atoms with Gasteiger partial charge in [-0.05, 0) is 57.2 Å². The van der Waals surface area contributed by atoms with Crippen LogP contribution in [0.15, 0.2) is 40.5 Å². The Morgan fingerprint density at radius 1 is 1.16 bits per heavy atom. The second-order valence-corrected chi connectivity index (χ2v) is 8.70. The topological polar surface area (TPSA) is 82.3 Å². The Morgan fingerprint density at radius 3 is 2.61 bits per heavy atom. The minimum absolute atomic E-state index is 0.173. The zero-order chi connectivity index (χ0) is 22.1. The van der Waals surface area contributed by atoms with Crippen LogP contribution in [-0.2, 0) is 29.4 Å². The van der Waals surface area contributed by atoms with Gasteiger partial charge in [0.1, 0.15) is 5.69 Å². The van der Waals surface area contributed by atoms with Crippen LogP contribution in [0.4, 0.5) is 5.69 Å². The largest absolute Gasteiger partial charge is 0.449 e. The fourth-order valence-corrected chi connectivity index (χ4v) is 4.99. The van der Waals surface area contributed by atoms with Gasteiger partial charge in [0.25, 0.3) is 11.5 Å². The third-order valence-electron chi connectivity index (χ3n) is 5.74. The second-order valence-electron chi connectivity index (χ2n) is 7.73. The average Bonchev–Trinajstić information content (AvgIpc) is 3.29. The number of hydrogen-bond donors (Lipinski definition) is 1. The molecule has 0 bridgehead atoms. The molecule has 0 aliphatic heterocycles. The smallest absolute Gasteiger partial charge is 0.340 e. The van der Waals surface area contributed by atoms with E-state index in [1.54, 1.807) is 30.0 Å². The lowest BCUT2D eigenvalue weighted by Crippen LogP contribution is -2.32. The van der Waals surface area contributed by atoms with E-state index in [0.717, 1.165) is 31.2 Å². The Kier molecular flexibility index (Phi) is 5.82. The van der Waals surface area contributed by atoms with Crippen molar-refractivity contribution in [2.75, 3.05) is 5.32 Å². The summed E-state index contributed by atoms with van der Waals surface area (Å²) in [6.07, 6.45) is 3.02. The molecule has 8 heteroatoms. The van der Waals surface area contributed by atoms with Crippen molar-refractivity contribution in [3.05, 3.63) is 67.8 Å². The Bertz CT molecular complexity index is 1190. The van der Waals surface area contributed by atoms with E-state index in [2.05, 4.69) is 5.32 Å². The number of para-hydroxylation sites is 1. The number of anilines is 1. The minimum Gasteiger partial charge on any atom is -0.449 e. The van der Waals surface area contributed by atoms with E-state index >= 15 is 0 Å². The van der Waals surface area contributed by atoms with Gasteiger partial charge in [-0.25, -0.2) is 9.48 Å². The fraction of sp³-hybridized carbons (Fsp3) is 0.348. The summed E-state index contributed by atoms with van der Waals surface area (Å²) in [7, 11) is 1.75. The molecule has 1 amide bonds. The van der Waals surface area contributed by atoms with Gasteiger partial charge in [0, 0.05) is 17.3 Å². The lowest BCUT2D eigenvalue weighted by Gasteiger charge is -2.15. The molecule has 0 fully saturated rings. The number of esters is 1. The van der Waals surface area contributed by atoms with Gasteiger partial charge in [0.2, 0.25) is 0 Å². The molecule has 31 heavy (non-hydrogen) atoms. The van der Waals surface area contributed by atoms with Gasteiger partial charge in [-0.15, -0.1) is 11.3 Å². The Labute approximate surface area is 184 Å². The summed E-state index contributed by atoms with van der Waals surface area (Å²) in [5.74, 6) is -1.03. The molecule has 1 aliphatic carbocycles. The van der Waals surface area contributed by atoms with Gasteiger partial charge >= 0.3 is 5.97 Å². The summed E-state index contributed by atoms with van der Waals surface area (Å²) in [5, 5.41) is 4.48. The Morgan fingerprint density at radius 2 is 1.87 bits per heavy atom. The summed E-state index contributed by atoms with van der Waals surface area (Å²) in [5.41, 5.74) is 2.74. The molecule has 1 unspecified atom stereocenters. The number of thiophene rings is 1. The molecule has 1 atom stereocenters. The van der Waals surface area contributed by atoms with Crippen molar-refractivity contribution in [2.45, 2.75) is 45.6 Å². The summed E-state index contributed by atoms with van der Waals surface area (Å²) < 4.78 is 8.60. The van der Waals surface area contributed by atoms with Crippen LogP contribution >= 0.6 is 11.3 Å². The van der Waals surface area contributed by atoms with E-state index < -0.39 is 18.0 Å². The highest BCUT2D eigenvalue weighted by Gasteiger charge is 2.26. The maximum atomic E-state index is 13.0. The molecule has 162 valence electrons. The summed E-state index contributed by atoms with van der Waals surface area (Å²) in [6.45, 7) is 3.27. The maximum Gasteiger partial charge on any atom is 0.340 e. The van der Waals surface area contributed by atoms with E-state index in [1.165, 1.54) is 16.5 Å². The first-order valence-electron chi connectivity index (χ1n) is 10.3. The van der Waals surface area contributed by atoms with Crippen molar-refractivity contribution >= 4 is 28.9 Å². The molecule has 1 aromatic carbocycles. The summed E-state index contributed by atoms with van der Waals surface area (Å²) in [6, 6.07) is 9.19. The quantitative estimate of drug-likeness (QED) is 0.616. The molecule has 1 aliphatic rings. The predicted molar refractivity (Wildman–Crippen MR) is 120 cm³/mol. The fourth-order valence-electron chi connectivity index (χ4n) is 3.88. The van der Waals surface area contributed by atoms with Gasteiger partial charge in [0.05, 0.1) is 16.9 Å². The van der Waals surface area contributed by atoms with Crippen molar-refractivity contribution in [2.24, 2.45) is 7.05 Å². The molecule has 2 aromatic heterocycles. The predicted octanol–water partition coefficient (Wildman–Crippen LogP) is 3.61. The van der Waals surface area contributed by atoms with E-state index in [1.807, 2.05) is 35.7 Å². The second kappa shape index (κ2) is 8.55. The molecular weight excluding hydrogens is 414 g/mol. The molecule has 0 radical (unpaired) electrons. The van der Waals surface area contributed by atoms with Gasteiger partial charge < -0.3 is 10.1 Å². The first-order chi connectivity index (χ1) is 14.9. The number of amides is 1. The van der Waals surface area contributed by atoms with Crippen molar-refractivity contribution in [3.63, 3.8) is 0 Å². The molecule has 3 aromatic rings. The minimum atomic E-state index is -1.03. The van der Waals surface area contributed by atoms with Crippen molar-refractivity contribution in [1.82, 2.24) is 9.36 Å². The van der Waals surface area contributed by atoms with Crippen LogP contribution in [0.2, 0.25) is 0 Å².